The molecule has 120 valence electrons. The summed E-state index contributed by atoms with van der Waals surface area (Å²) in [6.45, 7) is 7.30. The maximum atomic E-state index is 12.2. The summed E-state index contributed by atoms with van der Waals surface area (Å²) < 4.78 is 25.8. The van der Waals surface area contributed by atoms with Crippen LogP contribution in [0.15, 0.2) is 4.90 Å². The standard InChI is InChI=1S/C12H21N3O5S/c1-8(2)7-20-14-21(18,19)12-9(3)13-15(10(12)4)6-5-11(16)17/h8,14H,5-7H2,1-4H3,(H,16,17). The second-order valence-corrected chi connectivity index (χ2v) is 6.74. The summed E-state index contributed by atoms with van der Waals surface area (Å²) in [5.74, 6) is -0.779. The minimum Gasteiger partial charge on any atom is -0.481 e. The topological polar surface area (TPSA) is 111 Å². The normalized spacial score (nSPS) is 12.0. The molecular weight excluding hydrogens is 298 g/mol. The van der Waals surface area contributed by atoms with Crippen molar-refractivity contribution >= 4 is 16.0 Å². The monoisotopic (exact) mass is 319 g/mol. The van der Waals surface area contributed by atoms with Crippen molar-refractivity contribution in [3.8, 4) is 0 Å². The molecule has 0 aliphatic carbocycles. The van der Waals surface area contributed by atoms with Gasteiger partial charge in [0.05, 0.1) is 31.0 Å². The van der Waals surface area contributed by atoms with Gasteiger partial charge in [-0.1, -0.05) is 18.7 Å². The van der Waals surface area contributed by atoms with Gasteiger partial charge in [-0.05, 0) is 19.8 Å². The van der Waals surface area contributed by atoms with Gasteiger partial charge in [-0.15, -0.1) is 0 Å². The SMILES string of the molecule is Cc1nn(CCC(=O)O)c(C)c1S(=O)(=O)NOCC(C)C. The van der Waals surface area contributed by atoms with Crippen LogP contribution in [0.4, 0.5) is 0 Å². The maximum Gasteiger partial charge on any atom is 0.305 e. The summed E-state index contributed by atoms with van der Waals surface area (Å²) in [4.78, 5) is 17.6. The molecule has 21 heavy (non-hydrogen) atoms. The molecule has 0 saturated carbocycles. The van der Waals surface area contributed by atoms with Crippen LogP contribution in [-0.4, -0.2) is 35.9 Å². The molecule has 0 radical (unpaired) electrons. The zero-order valence-corrected chi connectivity index (χ0v) is 13.4. The van der Waals surface area contributed by atoms with Crippen LogP contribution >= 0.6 is 0 Å². The molecule has 0 aliphatic rings. The predicted molar refractivity (Wildman–Crippen MR) is 75.1 cm³/mol. The van der Waals surface area contributed by atoms with E-state index in [9.17, 15) is 13.2 Å². The summed E-state index contributed by atoms with van der Waals surface area (Å²) in [6, 6.07) is 0. The molecule has 0 unspecified atom stereocenters. The number of sulfonamides is 1. The third kappa shape index (κ3) is 4.80. The predicted octanol–water partition coefficient (Wildman–Crippen LogP) is 0.841. The molecule has 0 fully saturated rings. The van der Waals surface area contributed by atoms with Gasteiger partial charge in [0.25, 0.3) is 10.0 Å². The molecule has 0 bridgehead atoms. The third-order valence-corrected chi connectivity index (χ3v) is 4.17. The molecule has 1 heterocycles. The molecule has 0 spiro atoms. The van der Waals surface area contributed by atoms with Crippen molar-refractivity contribution in [3.05, 3.63) is 11.4 Å². The number of hydrogen-bond donors (Lipinski definition) is 2. The first kappa shape index (κ1) is 17.6. The number of aryl methyl sites for hydroxylation is 2. The summed E-state index contributed by atoms with van der Waals surface area (Å²) >= 11 is 0. The highest BCUT2D eigenvalue weighted by atomic mass is 32.2. The molecule has 0 atom stereocenters. The van der Waals surface area contributed by atoms with Crippen molar-refractivity contribution in [2.45, 2.75) is 45.6 Å². The smallest absolute Gasteiger partial charge is 0.305 e. The van der Waals surface area contributed by atoms with Crippen LogP contribution < -0.4 is 4.89 Å². The molecule has 1 rings (SSSR count). The lowest BCUT2D eigenvalue weighted by atomic mass is 10.2. The zero-order valence-electron chi connectivity index (χ0n) is 12.6. The molecule has 2 N–H and O–H groups in total. The Hall–Kier alpha value is -1.45. The first-order chi connectivity index (χ1) is 9.65. The number of nitrogens with zero attached hydrogens (tertiary/aromatic N) is 2. The van der Waals surface area contributed by atoms with Gasteiger partial charge in [0.15, 0.2) is 0 Å². The Morgan fingerprint density at radius 3 is 2.57 bits per heavy atom. The highest BCUT2D eigenvalue weighted by Gasteiger charge is 2.25. The minimum atomic E-state index is -3.84. The van der Waals surface area contributed by atoms with E-state index in [4.69, 9.17) is 9.94 Å². The fourth-order valence-electron chi connectivity index (χ4n) is 1.81. The van der Waals surface area contributed by atoms with E-state index in [-0.39, 0.29) is 30.4 Å². The van der Waals surface area contributed by atoms with E-state index in [2.05, 4.69) is 9.98 Å². The Kier molecular flexibility index (Phi) is 5.87. The first-order valence-electron chi connectivity index (χ1n) is 6.54. The van der Waals surface area contributed by atoms with Crippen LogP contribution in [0.3, 0.4) is 0 Å². The van der Waals surface area contributed by atoms with Gasteiger partial charge in [0.2, 0.25) is 0 Å². The maximum absolute atomic E-state index is 12.2. The number of aromatic nitrogens is 2. The summed E-state index contributed by atoms with van der Waals surface area (Å²) in [5, 5.41) is 12.7. The van der Waals surface area contributed by atoms with Crippen molar-refractivity contribution in [2.75, 3.05) is 6.61 Å². The molecule has 0 aliphatic heterocycles. The summed E-state index contributed by atoms with van der Waals surface area (Å²) in [7, 11) is -3.84. The van der Waals surface area contributed by atoms with Crippen LogP contribution in [0.2, 0.25) is 0 Å². The highest BCUT2D eigenvalue weighted by molar-refractivity contribution is 7.89. The van der Waals surface area contributed by atoms with Crippen LogP contribution in [0.5, 0.6) is 0 Å². The van der Waals surface area contributed by atoms with Crippen molar-refractivity contribution in [2.24, 2.45) is 5.92 Å². The summed E-state index contributed by atoms with van der Waals surface area (Å²) in [6.07, 6.45) is -0.126. The fraction of sp³-hybridized carbons (Fsp3) is 0.667. The lowest BCUT2D eigenvalue weighted by Crippen LogP contribution is -2.26. The fourth-order valence-corrected chi connectivity index (χ4v) is 3.04. The van der Waals surface area contributed by atoms with Gasteiger partial charge < -0.3 is 5.11 Å². The minimum absolute atomic E-state index is 0.0247. The molecular formula is C12H21N3O5S. The number of carboxylic acids is 1. The second-order valence-electron chi connectivity index (χ2n) is 5.16. The van der Waals surface area contributed by atoms with Gasteiger partial charge in [-0.2, -0.15) is 5.10 Å². The molecule has 8 nitrogen and oxygen atoms in total. The third-order valence-electron chi connectivity index (χ3n) is 2.71. The van der Waals surface area contributed by atoms with Crippen molar-refractivity contribution < 1.29 is 23.2 Å². The molecule has 1 aromatic rings. The van der Waals surface area contributed by atoms with Crippen LogP contribution in [0, 0.1) is 19.8 Å². The van der Waals surface area contributed by atoms with E-state index in [0.29, 0.717) is 11.4 Å². The largest absolute Gasteiger partial charge is 0.481 e. The number of aliphatic carboxylic acids is 1. The lowest BCUT2D eigenvalue weighted by molar-refractivity contribution is -0.137. The number of nitrogens with one attached hydrogen (secondary N) is 1. The first-order valence-corrected chi connectivity index (χ1v) is 8.03. The summed E-state index contributed by atoms with van der Waals surface area (Å²) in [5.41, 5.74) is 0.688. The van der Waals surface area contributed by atoms with Crippen LogP contribution in [-0.2, 0) is 26.2 Å². The van der Waals surface area contributed by atoms with Gasteiger partial charge in [0.1, 0.15) is 4.90 Å². The Balaban J connectivity index is 2.93. The Labute approximate surface area is 124 Å². The number of rotatable bonds is 8. The van der Waals surface area contributed by atoms with Crippen molar-refractivity contribution in [1.29, 1.82) is 0 Å². The van der Waals surface area contributed by atoms with E-state index in [1.54, 1.807) is 13.8 Å². The van der Waals surface area contributed by atoms with Crippen LogP contribution in [0.1, 0.15) is 31.7 Å². The quantitative estimate of drug-likeness (QED) is 0.687. The van der Waals surface area contributed by atoms with E-state index in [1.807, 2.05) is 13.8 Å². The van der Waals surface area contributed by atoms with Gasteiger partial charge in [0, 0.05) is 0 Å². The van der Waals surface area contributed by atoms with E-state index >= 15 is 0 Å². The number of hydrogen-bond acceptors (Lipinski definition) is 5. The Bertz CT molecular complexity index is 607. The zero-order chi connectivity index (χ0) is 16.2. The Morgan fingerprint density at radius 1 is 1.43 bits per heavy atom. The molecule has 0 amide bonds. The average Bonchev–Trinajstić information content (AvgIpc) is 2.61. The molecule has 0 aromatic carbocycles. The Morgan fingerprint density at radius 2 is 2.05 bits per heavy atom. The van der Waals surface area contributed by atoms with Crippen LogP contribution in [0.25, 0.3) is 0 Å². The van der Waals surface area contributed by atoms with Gasteiger partial charge in [-0.25, -0.2) is 8.42 Å². The van der Waals surface area contributed by atoms with Crippen molar-refractivity contribution in [3.63, 3.8) is 0 Å². The molecule has 1 aromatic heterocycles. The van der Waals surface area contributed by atoms with Gasteiger partial charge >= 0.3 is 5.97 Å². The molecule has 9 heteroatoms. The highest BCUT2D eigenvalue weighted by Crippen LogP contribution is 2.19. The van der Waals surface area contributed by atoms with E-state index < -0.39 is 16.0 Å². The molecule has 0 saturated heterocycles. The van der Waals surface area contributed by atoms with E-state index in [1.165, 1.54) is 4.68 Å². The number of carboxylic acid groups (broad SMARTS) is 1. The number of carbonyl (C=O) groups is 1. The van der Waals surface area contributed by atoms with Gasteiger partial charge in [-0.3, -0.25) is 14.3 Å². The second kappa shape index (κ2) is 7.01. The van der Waals surface area contributed by atoms with E-state index in [0.717, 1.165) is 0 Å². The lowest BCUT2D eigenvalue weighted by Gasteiger charge is -2.09. The average molecular weight is 319 g/mol. The van der Waals surface area contributed by atoms with Crippen molar-refractivity contribution in [1.82, 2.24) is 14.7 Å².